The van der Waals surface area contributed by atoms with Gasteiger partial charge in [-0.2, -0.15) is 0 Å². The smallest absolute Gasteiger partial charge is 0.270 e. The van der Waals surface area contributed by atoms with Gasteiger partial charge in [0.25, 0.3) is 11.6 Å². The van der Waals surface area contributed by atoms with Crippen LogP contribution in [0.1, 0.15) is 42.5 Å². The van der Waals surface area contributed by atoms with Crippen LogP contribution in [0.15, 0.2) is 18.2 Å². The maximum Gasteiger partial charge on any atom is 0.270 e. The van der Waals surface area contributed by atoms with E-state index in [4.69, 9.17) is 9.47 Å². The lowest BCUT2D eigenvalue weighted by Gasteiger charge is -2.36. The van der Waals surface area contributed by atoms with Gasteiger partial charge in [-0.05, 0) is 38.2 Å². The molecule has 3 fully saturated rings. The highest BCUT2D eigenvalue weighted by Gasteiger charge is 2.34. The number of amides is 1. The molecule has 0 aliphatic carbocycles. The van der Waals surface area contributed by atoms with Gasteiger partial charge in [0.15, 0.2) is 6.29 Å². The second kappa shape index (κ2) is 8.45. The fourth-order valence-electron chi connectivity index (χ4n) is 4.46. The molecule has 8 heteroatoms. The largest absolute Gasteiger partial charge is 0.371 e. The Balaban J connectivity index is 1.59. The Morgan fingerprint density at radius 3 is 2.54 bits per heavy atom. The van der Waals surface area contributed by atoms with E-state index in [0.29, 0.717) is 31.9 Å². The zero-order chi connectivity index (χ0) is 19.5. The number of piperidine rings is 2. The molecule has 1 aromatic rings. The minimum Gasteiger partial charge on any atom is -0.371 e. The lowest BCUT2D eigenvalue weighted by atomic mass is 9.96. The molecule has 1 aromatic carbocycles. The third-order valence-electron chi connectivity index (χ3n) is 5.90. The molecule has 1 amide bonds. The third kappa shape index (κ3) is 3.98. The number of hydrogen-bond acceptors (Lipinski definition) is 6. The molecular weight excluding hydrogens is 362 g/mol. The lowest BCUT2D eigenvalue weighted by molar-refractivity contribution is -0.384. The van der Waals surface area contributed by atoms with Gasteiger partial charge in [0.2, 0.25) is 0 Å². The van der Waals surface area contributed by atoms with Crippen LogP contribution in [0, 0.1) is 16.0 Å². The van der Waals surface area contributed by atoms with Gasteiger partial charge in [-0.15, -0.1) is 0 Å². The first-order valence-electron chi connectivity index (χ1n) is 10.2. The molecule has 0 saturated carbocycles. The summed E-state index contributed by atoms with van der Waals surface area (Å²) >= 11 is 0. The first-order valence-corrected chi connectivity index (χ1v) is 10.2. The van der Waals surface area contributed by atoms with Crippen LogP contribution >= 0.6 is 0 Å². The first-order chi connectivity index (χ1) is 13.6. The third-order valence-corrected chi connectivity index (χ3v) is 5.90. The molecule has 3 aliphatic rings. The van der Waals surface area contributed by atoms with Crippen LogP contribution in [0.5, 0.6) is 0 Å². The highest BCUT2D eigenvalue weighted by molar-refractivity contribution is 6.00. The minimum atomic E-state index is -0.435. The van der Waals surface area contributed by atoms with Crippen molar-refractivity contribution in [1.82, 2.24) is 4.90 Å². The first kappa shape index (κ1) is 19.1. The maximum absolute atomic E-state index is 13.4. The SMILES string of the molecule is O=C(c1cc([N+](=O)[O-])ccc1N1CCCCC1)N1CCCC(C2OCCO2)C1. The van der Waals surface area contributed by atoms with Crippen molar-refractivity contribution in [3.05, 3.63) is 33.9 Å². The average Bonchev–Trinajstić information content (AvgIpc) is 3.28. The molecule has 1 atom stereocenters. The molecule has 28 heavy (non-hydrogen) atoms. The van der Waals surface area contributed by atoms with Gasteiger partial charge in [0.05, 0.1) is 29.4 Å². The summed E-state index contributed by atoms with van der Waals surface area (Å²) in [5.74, 6) is 0.0179. The molecule has 0 N–H and O–H groups in total. The van der Waals surface area contributed by atoms with Crippen LogP contribution in [0.3, 0.4) is 0 Å². The number of hydrogen-bond donors (Lipinski definition) is 0. The van der Waals surface area contributed by atoms with Crippen LogP contribution in [0.2, 0.25) is 0 Å². The van der Waals surface area contributed by atoms with Crippen molar-refractivity contribution in [2.24, 2.45) is 5.92 Å². The second-order valence-electron chi connectivity index (χ2n) is 7.77. The number of benzene rings is 1. The van der Waals surface area contributed by atoms with E-state index in [-0.39, 0.29) is 23.8 Å². The van der Waals surface area contributed by atoms with Crippen LogP contribution in [-0.4, -0.2) is 61.4 Å². The number of anilines is 1. The van der Waals surface area contributed by atoms with Crippen molar-refractivity contribution in [2.45, 2.75) is 38.4 Å². The van der Waals surface area contributed by atoms with E-state index in [2.05, 4.69) is 4.90 Å². The van der Waals surface area contributed by atoms with E-state index in [9.17, 15) is 14.9 Å². The summed E-state index contributed by atoms with van der Waals surface area (Å²) in [6.45, 7) is 4.17. The number of nitro benzene ring substituents is 1. The molecule has 8 nitrogen and oxygen atoms in total. The highest BCUT2D eigenvalue weighted by Crippen LogP contribution is 2.31. The van der Waals surface area contributed by atoms with Crippen molar-refractivity contribution >= 4 is 17.3 Å². The molecular formula is C20H27N3O5. The average molecular weight is 389 g/mol. The number of nitrogens with zero attached hydrogens (tertiary/aromatic N) is 3. The summed E-state index contributed by atoms with van der Waals surface area (Å²) in [5, 5.41) is 11.3. The molecule has 4 rings (SSSR count). The number of likely N-dealkylation sites (tertiary alicyclic amines) is 1. The van der Waals surface area contributed by atoms with Crippen LogP contribution in [0.4, 0.5) is 11.4 Å². The summed E-state index contributed by atoms with van der Waals surface area (Å²) in [6.07, 6.45) is 4.93. The Kier molecular flexibility index (Phi) is 5.77. The summed E-state index contributed by atoms with van der Waals surface area (Å²) in [6, 6.07) is 4.68. The van der Waals surface area contributed by atoms with E-state index >= 15 is 0 Å². The number of rotatable bonds is 4. The van der Waals surface area contributed by atoms with Crippen LogP contribution in [-0.2, 0) is 9.47 Å². The zero-order valence-electron chi connectivity index (χ0n) is 16.0. The number of non-ortho nitro benzene ring substituents is 1. The summed E-state index contributed by atoms with van der Waals surface area (Å²) in [7, 11) is 0. The van der Waals surface area contributed by atoms with Crippen molar-refractivity contribution < 1.29 is 19.2 Å². The van der Waals surface area contributed by atoms with Gasteiger partial charge in [0, 0.05) is 44.2 Å². The van der Waals surface area contributed by atoms with Gasteiger partial charge in [-0.25, -0.2) is 0 Å². The van der Waals surface area contributed by atoms with Gasteiger partial charge in [-0.3, -0.25) is 14.9 Å². The zero-order valence-corrected chi connectivity index (χ0v) is 16.0. The molecule has 0 spiro atoms. The maximum atomic E-state index is 13.4. The Morgan fingerprint density at radius 1 is 1.07 bits per heavy atom. The number of ether oxygens (including phenoxy) is 2. The summed E-state index contributed by atoms with van der Waals surface area (Å²) in [5.41, 5.74) is 1.20. The van der Waals surface area contributed by atoms with Gasteiger partial charge in [-0.1, -0.05) is 0 Å². The number of carbonyl (C=O) groups excluding carboxylic acids is 1. The molecule has 1 unspecified atom stereocenters. The van der Waals surface area contributed by atoms with Crippen molar-refractivity contribution in [2.75, 3.05) is 44.3 Å². The van der Waals surface area contributed by atoms with Crippen LogP contribution < -0.4 is 4.90 Å². The molecule has 152 valence electrons. The Bertz CT molecular complexity index is 729. The number of nitro groups is 1. The van der Waals surface area contributed by atoms with Gasteiger partial charge >= 0.3 is 0 Å². The standard InChI is InChI=1S/C20H27N3O5/c24-19(22-10-4-5-15(14-22)20-27-11-12-28-20)17-13-16(23(25)26)6-7-18(17)21-8-2-1-3-9-21/h6-7,13,15,20H,1-5,8-12,14H2. The second-order valence-corrected chi connectivity index (χ2v) is 7.77. The lowest BCUT2D eigenvalue weighted by Crippen LogP contribution is -2.44. The molecule has 3 saturated heterocycles. The van der Waals surface area contributed by atoms with E-state index in [0.717, 1.165) is 44.5 Å². The van der Waals surface area contributed by atoms with E-state index in [1.807, 2.05) is 4.90 Å². The van der Waals surface area contributed by atoms with Gasteiger partial charge in [0.1, 0.15) is 0 Å². The summed E-state index contributed by atoms with van der Waals surface area (Å²) in [4.78, 5) is 28.3. The quantitative estimate of drug-likeness (QED) is 0.581. The monoisotopic (exact) mass is 389 g/mol. The van der Waals surface area contributed by atoms with E-state index in [1.54, 1.807) is 6.07 Å². The molecule has 0 aromatic heterocycles. The Morgan fingerprint density at radius 2 is 1.82 bits per heavy atom. The molecule has 3 aliphatic heterocycles. The summed E-state index contributed by atoms with van der Waals surface area (Å²) < 4.78 is 11.3. The predicted molar refractivity (Wildman–Crippen MR) is 103 cm³/mol. The fourth-order valence-corrected chi connectivity index (χ4v) is 4.46. The van der Waals surface area contributed by atoms with E-state index < -0.39 is 4.92 Å². The minimum absolute atomic E-state index is 0.0415. The molecule has 3 heterocycles. The normalized spacial score (nSPS) is 23.8. The Labute approximate surface area is 164 Å². The molecule has 0 radical (unpaired) electrons. The highest BCUT2D eigenvalue weighted by atomic mass is 16.7. The van der Waals surface area contributed by atoms with Gasteiger partial charge < -0.3 is 19.3 Å². The van der Waals surface area contributed by atoms with E-state index in [1.165, 1.54) is 18.6 Å². The molecule has 0 bridgehead atoms. The van der Waals surface area contributed by atoms with Crippen molar-refractivity contribution in [3.63, 3.8) is 0 Å². The predicted octanol–water partition coefficient (Wildman–Crippen LogP) is 2.81. The topological polar surface area (TPSA) is 85.2 Å². The van der Waals surface area contributed by atoms with Crippen molar-refractivity contribution in [1.29, 1.82) is 0 Å². The number of carbonyl (C=O) groups is 1. The Hall–Kier alpha value is -2.19. The van der Waals surface area contributed by atoms with Crippen LogP contribution in [0.25, 0.3) is 0 Å². The fraction of sp³-hybridized carbons (Fsp3) is 0.650. The van der Waals surface area contributed by atoms with Crippen molar-refractivity contribution in [3.8, 4) is 0 Å².